The molecule has 6 nitrogen and oxygen atoms in total. The van der Waals surface area contributed by atoms with Crippen LogP contribution in [0.4, 0.5) is 0 Å². The number of sulfonamides is 1. The van der Waals surface area contributed by atoms with Crippen molar-refractivity contribution in [3.8, 4) is 5.75 Å². The third-order valence-corrected chi connectivity index (χ3v) is 5.93. The van der Waals surface area contributed by atoms with Crippen LogP contribution in [0.3, 0.4) is 0 Å². The Morgan fingerprint density at radius 2 is 2.00 bits per heavy atom. The zero-order valence-electron chi connectivity index (χ0n) is 14.7. The number of esters is 1. The molecule has 1 N–H and O–H groups in total. The highest BCUT2D eigenvalue weighted by molar-refractivity contribution is 7.89. The normalized spacial score (nSPS) is 16.2. The fraction of sp³-hybridized carbons (Fsp3) is 0.316. The van der Waals surface area contributed by atoms with Gasteiger partial charge in [0.05, 0.1) is 12.0 Å². The first kappa shape index (κ1) is 18.4. The number of fused-ring (bicyclic) bond motifs is 1. The topological polar surface area (TPSA) is 81.7 Å². The first-order valence-corrected chi connectivity index (χ1v) is 9.79. The smallest absolute Gasteiger partial charge is 0.343 e. The third kappa shape index (κ3) is 3.89. The number of carbonyl (C=O) groups excluding carboxylic acids is 1. The molecule has 0 saturated heterocycles. The van der Waals surface area contributed by atoms with Gasteiger partial charge in [0.1, 0.15) is 5.75 Å². The van der Waals surface area contributed by atoms with E-state index in [1.54, 1.807) is 13.0 Å². The van der Waals surface area contributed by atoms with Crippen LogP contribution in [-0.4, -0.2) is 28.1 Å². The summed E-state index contributed by atoms with van der Waals surface area (Å²) in [6.07, 6.45) is 1.61. The zero-order valence-corrected chi connectivity index (χ0v) is 15.5. The van der Waals surface area contributed by atoms with Gasteiger partial charge in [-0.25, -0.2) is 17.9 Å². The van der Waals surface area contributed by atoms with Crippen LogP contribution in [-0.2, 0) is 26.0 Å². The summed E-state index contributed by atoms with van der Waals surface area (Å²) >= 11 is 0. The van der Waals surface area contributed by atoms with Gasteiger partial charge in [0.25, 0.3) is 0 Å². The molecule has 0 heterocycles. The Balaban J connectivity index is 1.76. The number of carbonyl (C=O) groups is 1. The number of hydrogen-bond acceptors (Lipinski definition) is 5. The van der Waals surface area contributed by atoms with Crippen LogP contribution in [0.25, 0.3) is 0 Å². The van der Waals surface area contributed by atoms with Gasteiger partial charge in [0.2, 0.25) is 10.0 Å². The van der Waals surface area contributed by atoms with E-state index < -0.39 is 16.0 Å². The molecule has 1 aliphatic rings. The predicted molar refractivity (Wildman–Crippen MR) is 96.5 cm³/mol. The van der Waals surface area contributed by atoms with Gasteiger partial charge in [-0.3, -0.25) is 0 Å². The average molecular weight is 375 g/mol. The van der Waals surface area contributed by atoms with Crippen molar-refractivity contribution in [2.24, 2.45) is 0 Å². The van der Waals surface area contributed by atoms with Crippen molar-refractivity contribution < 1.29 is 22.7 Å². The van der Waals surface area contributed by atoms with Crippen molar-refractivity contribution in [1.82, 2.24) is 4.72 Å². The van der Waals surface area contributed by atoms with Gasteiger partial charge in [-0.1, -0.05) is 24.3 Å². The van der Waals surface area contributed by atoms with Gasteiger partial charge >= 0.3 is 5.97 Å². The molecule has 7 heteroatoms. The van der Waals surface area contributed by atoms with Crippen molar-refractivity contribution >= 4 is 16.0 Å². The number of rotatable bonds is 6. The molecule has 0 unspecified atom stereocenters. The Morgan fingerprint density at radius 1 is 1.23 bits per heavy atom. The van der Waals surface area contributed by atoms with Crippen LogP contribution in [0.2, 0.25) is 0 Å². The van der Waals surface area contributed by atoms with Gasteiger partial charge in [-0.05, 0) is 54.7 Å². The van der Waals surface area contributed by atoms with Crippen LogP contribution in [0.1, 0.15) is 29.2 Å². The van der Waals surface area contributed by atoms with Gasteiger partial charge in [0.15, 0.2) is 6.61 Å². The van der Waals surface area contributed by atoms with E-state index >= 15 is 0 Å². The van der Waals surface area contributed by atoms with E-state index in [0.717, 1.165) is 18.4 Å². The second kappa shape index (κ2) is 7.47. The Bertz CT molecular complexity index is 923. The second-order valence-electron chi connectivity index (χ2n) is 6.20. The molecule has 138 valence electrons. The number of aryl methyl sites for hydroxylation is 2. The Labute approximate surface area is 153 Å². The molecule has 0 aromatic heterocycles. The minimum absolute atomic E-state index is 0.171. The maximum absolute atomic E-state index is 12.7. The maximum atomic E-state index is 12.7. The van der Waals surface area contributed by atoms with Crippen molar-refractivity contribution in [2.75, 3.05) is 13.7 Å². The van der Waals surface area contributed by atoms with Crippen LogP contribution in [0.15, 0.2) is 47.4 Å². The molecular formula is C19H21NO5S. The van der Waals surface area contributed by atoms with Gasteiger partial charge in [0, 0.05) is 6.04 Å². The fourth-order valence-electron chi connectivity index (χ4n) is 3.08. The lowest BCUT2D eigenvalue weighted by molar-refractivity contribution is -0.142. The van der Waals surface area contributed by atoms with Crippen molar-refractivity contribution in [1.29, 1.82) is 0 Å². The number of methoxy groups -OCH3 is 1. The number of ether oxygens (including phenoxy) is 2. The molecule has 0 radical (unpaired) electrons. The lowest BCUT2D eigenvalue weighted by Crippen LogP contribution is -2.27. The summed E-state index contributed by atoms with van der Waals surface area (Å²) < 4.78 is 38.2. The Hall–Kier alpha value is -2.38. The van der Waals surface area contributed by atoms with E-state index in [1.165, 1.54) is 24.8 Å². The van der Waals surface area contributed by atoms with Gasteiger partial charge in [-0.2, -0.15) is 0 Å². The van der Waals surface area contributed by atoms with Crippen LogP contribution >= 0.6 is 0 Å². The lowest BCUT2D eigenvalue weighted by atomic mass is 10.1. The Morgan fingerprint density at radius 3 is 2.73 bits per heavy atom. The van der Waals surface area contributed by atoms with E-state index in [-0.39, 0.29) is 17.5 Å². The number of hydrogen-bond donors (Lipinski definition) is 1. The molecule has 2 aromatic carbocycles. The summed E-state index contributed by atoms with van der Waals surface area (Å²) in [5.74, 6) is -0.0526. The minimum Gasteiger partial charge on any atom is -0.482 e. The summed E-state index contributed by atoms with van der Waals surface area (Å²) in [6.45, 7) is 1.51. The highest BCUT2D eigenvalue weighted by Crippen LogP contribution is 2.32. The second-order valence-corrected chi connectivity index (χ2v) is 7.92. The van der Waals surface area contributed by atoms with Gasteiger partial charge < -0.3 is 9.47 Å². The minimum atomic E-state index is -3.66. The average Bonchev–Trinajstić information content (AvgIpc) is 3.02. The van der Waals surface area contributed by atoms with E-state index in [0.29, 0.717) is 11.3 Å². The monoisotopic (exact) mass is 375 g/mol. The van der Waals surface area contributed by atoms with Crippen molar-refractivity contribution in [3.05, 3.63) is 59.2 Å². The summed E-state index contributed by atoms with van der Waals surface area (Å²) in [5.41, 5.74) is 2.84. The molecule has 0 bridgehead atoms. The first-order valence-electron chi connectivity index (χ1n) is 8.31. The molecule has 2 aromatic rings. The first-order chi connectivity index (χ1) is 12.4. The highest BCUT2D eigenvalue weighted by Gasteiger charge is 2.27. The predicted octanol–water partition coefficient (Wildman–Crippen LogP) is 2.51. The maximum Gasteiger partial charge on any atom is 0.343 e. The fourth-order valence-corrected chi connectivity index (χ4v) is 4.42. The summed E-state index contributed by atoms with van der Waals surface area (Å²) in [7, 11) is -2.38. The molecule has 0 aliphatic heterocycles. The van der Waals surface area contributed by atoms with Crippen LogP contribution in [0.5, 0.6) is 5.75 Å². The SMILES string of the molecule is COC(=O)COc1ccc(S(=O)(=O)N[C@@H]2CCc3ccccc32)cc1C. The van der Waals surface area contributed by atoms with Crippen molar-refractivity contribution in [2.45, 2.75) is 30.7 Å². The molecule has 26 heavy (non-hydrogen) atoms. The molecule has 1 atom stereocenters. The summed E-state index contributed by atoms with van der Waals surface area (Å²) in [4.78, 5) is 11.3. The lowest BCUT2D eigenvalue weighted by Gasteiger charge is -2.15. The van der Waals surface area contributed by atoms with Crippen LogP contribution in [0, 0.1) is 6.92 Å². The third-order valence-electron chi connectivity index (χ3n) is 4.46. The molecule has 0 fully saturated rings. The largest absolute Gasteiger partial charge is 0.482 e. The molecule has 3 rings (SSSR count). The van der Waals surface area contributed by atoms with E-state index in [4.69, 9.17) is 4.74 Å². The molecule has 0 spiro atoms. The standard InChI is InChI=1S/C19H21NO5S/c1-13-11-15(8-10-18(13)25-12-19(21)24-2)26(22,23)20-17-9-7-14-5-3-4-6-16(14)17/h3-6,8,10-11,17,20H,7,9,12H2,1-2H3/t17-/m1/s1. The summed E-state index contributed by atoms with van der Waals surface area (Å²) in [6, 6.07) is 12.2. The highest BCUT2D eigenvalue weighted by atomic mass is 32.2. The number of nitrogens with one attached hydrogen (secondary N) is 1. The number of benzene rings is 2. The molecule has 0 amide bonds. The van der Waals surface area contributed by atoms with E-state index in [2.05, 4.69) is 9.46 Å². The quantitative estimate of drug-likeness (QED) is 0.785. The summed E-state index contributed by atoms with van der Waals surface area (Å²) in [5, 5.41) is 0. The molecular weight excluding hydrogens is 354 g/mol. The Kier molecular flexibility index (Phi) is 5.29. The van der Waals surface area contributed by atoms with E-state index in [9.17, 15) is 13.2 Å². The molecule has 0 saturated carbocycles. The zero-order chi connectivity index (χ0) is 18.7. The van der Waals surface area contributed by atoms with Gasteiger partial charge in [-0.15, -0.1) is 0 Å². The van der Waals surface area contributed by atoms with E-state index in [1.807, 2.05) is 24.3 Å². The van der Waals surface area contributed by atoms with Crippen LogP contribution < -0.4 is 9.46 Å². The van der Waals surface area contributed by atoms with Crippen molar-refractivity contribution in [3.63, 3.8) is 0 Å². The molecule has 1 aliphatic carbocycles.